The summed E-state index contributed by atoms with van der Waals surface area (Å²) in [6.07, 6.45) is 4.46. The van der Waals surface area contributed by atoms with Gasteiger partial charge in [0.2, 0.25) is 5.13 Å². The molecule has 15 heavy (non-hydrogen) atoms. The molecule has 1 fully saturated rings. The Bertz CT molecular complexity index is 474. The van der Waals surface area contributed by atoms with E-state index in [1.54, 1.807) is 4.68 Å². The first-order chi connectivity index (χ1) is 7.36. The van der Waals surface area contributed by atoms with Gasteiger partial charge in [-0.1, -0.05) is 11.3 Å². The van der Waals surface area contributed by atoms with E-state index in [0.29, 0.717) is 11.8 Å². The number of rotatable bonds is 3. The number of nitrogens with zero attached hydrogens (tertiary/aromatic N) is 4. The van der Waals surface area contributed by atoms with Crippen LogP contribution in [0.4, 0.5) is 0 Å². The van der Waals surface area contributed by atoms with Crippen molar-refractivity contribution in [3.8, 4) is 5.13 Å². The highest BCUT2D eigenvalue weighted by Crippen LogP contribution is 2.39. The van der Waals surface area contributed by atoms with Crippen molar-refractivity contribution >= 4 is 22.9 Å². The topological polar surface area (TPSA) is 43.6 Å². The number of hydrogen-bond donors (Lipinski definition) is 0. The average Bonchev–Trinajstić information content (AvgIpc) is 2.84. The minimum absolute atomic E-state index is 0.411. The maximum Gasteiger partial charge on any atom is 0.232 e. The van der Waals surface area contributed by atoms with E-state index >= 15 is 0 Å². The highest BCUT2D eigenvalue weighted by molar-refractivity contribution is 7.13. The molecule has 0 aromatic carbocycles. The quantitative estimate of drug-likeness (QED) is 0.774. The summed E-state index contributed by atoms with van der Waals surface area (Å²) in [6, 6.07) is 2.05. The molecule has 0 bridgehead atoms. The molecule has 6 heteroatoms. The summed E-state index contributed by atoms with van der Waals surface area (Å²) in [5.41, 5.74) is 1.16. The maximum atomic E-state index is 5.67. The molecule has 1 saturated carbocycles. The highest BCUT2D eigenvalue weighted by Gasteiger charge is 2.26. The van der Waals surface area contributed by atoms with Gasteiger partial charge in [0.05, 0.1) is 11.6 Å². The van der Waals surface area contributed by atoms with Gasteiger partial charge in [0.15, 0.2) is 0 Å². The van der Waals surface area contributed by atoms with Gasteiger partial charge in [-0.3, -0.25) is 0 Å². The molecule has 1 aliphatic rings. The Morgan fingerprint density at radius 2 is 2.33 bits per heavy atom. The Morgan fingerprint density at radius 3 is 3.00 bits per heavy atom. The van der Waals surface area contributed by atoms with Gasteiger partial charge < -0.3 is 0 Å². The summed E-state index contributed by atoms with van der Waals surface area (Å²) in [7, 11) is 0. The third-order valence-corrected chi connectivity index (χ3v) is 3.70. The first kappa shape index (κ1) is 9.30. The van der Waals surface area contributed by atoms with Crippen LogP contribution in [0.25, 0.3) is 5.13 Å². The van der Waals surface area contributed by atoms with Crippen molar-refractivity contribution in [1.82, 2.24) is 20.0 Å². The van der Waals surface area contributed by atoms with Crippen molar-refractivity contribution in [2.45, 2.75) is 24.6 Å². The van der Waals surface area contributed by atoms with Crippen molar-refractivity contribution in [1.29, 1.82) is 0 Å². The first-order valence-corrected chi connectivity index (χ1v) is 6.16. The van der Waals surface area contributed by atoms with Gasteiger partial charge in [-0.15, -0.1) is 21.8 Å². The summed E-state index contributed by atoms with van der Waals surface area (Å²) >= 11 is 7.15. The predicted octanol–water partition coefficient (Wildman–Crippen LogP) is 2.34. The Kier molecular flexibility index (Phi) is 2.21. The van der Waals surface area contributed by atoms with Crippen LogP contribution in [-0.4, -0.2) is 20.0 Å². The van der Waals surface area contributed by atoms with Gasteiger partial charge in [-0.05, 0) is 18.9 Å². The van der Waals surface area contributed by atoms with Crippen LogP contribution in [0.2, 0.25) is 0 Å². The lowest BCUT2D eigenvalue weighted by atomic mass is 10.3. The van der Waals surface area contributed by atoms with Crippen molar-refractivity contribution < 1.29 is 0 Å². The summed E-state index contributed by atoms with van der Waals surface area (Å²) < 4.78 is 1.78. The van der Waals surface area contributed by atoms with Crippen LogP contribution >= 0.6 is 22.9 Å². The molecule has 78 valence electrons. The van der Waals surface area contributed by atoms with Crippen LogP contribution in [0.15, 0.2) is 12.3 Å². The van der Waals surface area contributed by atoms with Gasteiger partial charge in [0, 0.05) is 12.1 Å². The zero-order valence-electron chi connectivity index (χ0n) is 7.93. The minimum atomic E-state index is 0.411. The fourth-order valence-corrected chi connectivity index (χ4v) is 2.27. The van der Waals surface area contributed by atoms with E-state index < -0.39 is 0 Å². The zero-order chi connectivity index (χ0) is 10.3. The zero-order valence-corrected chi connectivity index (χ0v) is 9.50. The van der Waals surface area contributed by atoms with E-state index in [1.807, 2.05) is 6.20 Å². The van der Waals surface area contributed by atoms with Crippen LogP contribution in [0, 0.1) is 0 Å². The van der Waals surface area contributed by atoms with Crippen molar-refractivity contribution in [2.75, 3.05) is 0 Å². The van der Waals surface area contributed by atoms with Crippen LogP contribution in [0.5, 0.6) is 0 Å². The van der Waals surface area contributed by atoms with Gasteiger partial charge in [-0.25, -0.2) is 4.68 Å². The molecule has 3 rings (SSSR count). The summed E-state index contributed by atoms with van der Waals surface area (Å²) in [4.78, 5) is 0. The van der Waals surface area contributed by atoms with E-state index in [-0.39, 0.29) is 0 Å². The molecule has 2 aromatic heterocycles. The standard InChI is InChI=1S/C9H9ClN4S/c10-5-8-11-12-9(15-8)14-4-3-7(13-14)6-1-2-6/h3-4,6H,1-2,5H2. The SMILES string of the molecule is ClCc1nnc(-n2ccc(C3CC3)n2)s1. The Labute approximate surface area is 95.9 Å². The number of alkyl halides is 1. The van der Waals surface area contributed by atoms with Gasteiger partial charge in [0.1, 0.15) is 5.01 Å². The fraction of sp³-hybridized carbons (Fsp3) is 0.444. The molecule has 1 aliphatic carbocycles. The third kappa shape index (κ3) is 1.77. The average molecular weight is 241 g/mol. The molecular formula is C9H9ClN4S. The molecule has 0 amide bonds. The molecule has 0 atom stereocenters. The molecule has 0 aliphatic heterocycles. The Hall–Kier alpha value is -0.940. The molecule has 0 spiro atoms. The van der Waals surface area contributed by atoms with Crippen LogP contribution < -0.4 is 0 Å². The van der Waals surface area contributed by atoms with Crippen LogP contribution in [0.1, 0.15) is 29.5 Å². The summed E-state index contributed by atoms with van der Waals surface area (Å²) in [5.74, 6) is 1.08. The van der Waals surface area contributed by atoms with Crippen molar-refractivity contribution in [2.24, 2.45) is 0 Å². The van der Waals surface area contributed by atoms with Crippen molar-refractivity contribution in [3.05, 3.63) is 23.0 Å². The Morgan fingerprint density at radius 1 is 1.47 bits per heavy atom. The van der Waals surface area contributed by atoms with E-state index in [1.165, 1.54) is 24.2 Å². The predicted molar refractivity (Wildman–Crippen MR) is 58.6 cm³/mol. The van der Waals surface area contributed by atoms with Gasteiger partial charge in [0.25, 0.3) is 0 Å². The smallest absolute Gasteiger partial charge is 0.212 e. The largest absolute Gasteiger partial charge is 0.232 e. The monoisotopic (exact) mass is 240 g/mol. The lowest BCUT2D eigenvalue weighted by Gasteiger charge is -1.91. The van der Waals surface area contributed by atoms with E-state index in [0.717, 1.165) is 15.8 Å². The third-order valence-electron chi connectivity index (χ3n) is 2.37. The Balaban J connectivity index is 1.90. The molecule has 4 nitrogen and oxygen atoms in total. The number of aromatic nitrogens is 4. The van der Waals surface area contributed by atoms with Crippen molar-refractivity contribution in [3.63, 3.8) is 0 Å². The second kappa shape index (κ2) is 3.57. The minimum Gasteiger partial charge on any atom is -0.212 e. The molecule has 2 heterocycles. The lowest BCUT2D eigenvalue weighted by molar-refractivity contribution is 0.812. The molecular weight excluding hydrogens is 232 g/mol. The maximum absolute atomic E-state index is 5.67. The first-order valence-electron chi connectivity index (χ1n) is 4.81. The second-order valence-corrected chi connectivity index (χ2v) is 4.88. The summed E-state index contributed by atoms with van der Waals surface area (Å²) in [6.45, 7) is 0. The molecule has 0 saturated heterocycles. The summed E-state index contributed by atoms with van der Waals surface area (Å²) in [5, 5.41) is 14.1. The van der Waals surface area contributed by atoms with E-state index in [4.69, 9.17) is 11.6 Å². The van der Waals surface area contributed by atoms with Gasteiger partial charge in [-0.2, -0.15) is 5.10 Å². The molecule has 0 unspecified atom stereocenters. The van der Waals surface area contributed by atoms with Crippen LogP contribution in [-0.2, 0) is 5.88 Å². The molecule has 0 N–H and O–H groups in total. The molecule has 0 radical (unpaired) electrons. The number of halogens is 1. The van der Waals surface area contributed by atoms with E-state index in [9.17, 15) is 0 Å². The van der Waals surface area contributed by atoms with Gasteiger partial charge >= 0.3 is 0 Å². The van der Waals surface area contributed by atoms with Crippen LogP contribution in [0.3, 0.4) is 0 Å². The number of hydrogen-bond acceptors (Lipinski definition) is 4. The molecule has 2 aromatic rings. The van der Waals surface area contributed by atoms with E-state index in [2.05, 4.69) is 21.4 Å². The normalized spacial score (nSPS) is 15.8. The fourth-order valence-electron chi connectivity index (χ4n) is 1.43. The lowest BCUT2D eigenvalue weighted by Crippen LogP contribution is -1.94. The second-order valence-electron chi connectivity index (χ2n) is 3.57. The highest BCUT2D eigenvalue weighted by atomic mass is 35.5.